The minimum atomic E-state index is -0.0515. The number of fused-ring (bicyclic) bond motifs is 3. The quantitative estimate of drug-likeness (QED) is 0.651. The maximum atomic E-state index is 12.9. The van der Waals surface area contributed by atoms with Crippen LogP contribution in [0.5, 0.6) is 0 Å². The van der Waals surface area contributed by atoms with Crippen LogP contribution in [-0.4, -0.2) is 29.0 Å². The van der Waals surface area contributed by atoms with Crippen molar-refractivity contribution in [1.29, 1.82) is 0 Å². The molecule has 2 aliphatic rings. The molecule has 0 N–H and O–H groups in total. The number of aromatic nitrogens is 2. The standard InChI is InChI=1S/C21H22N4OS/c26-21-19-17-5-1-2-6-18(17)27-20(19)22-14-25(21)23-13-15-7-9-16(10-8-15)24-11-3-4-12-24/h7-10,13-14H,1-6,11-12H2. The van der Waals surface area contributed by atoms with Gasteiger partial charge in [0, 0.05) is 23.7 Å². The van der Waals surface area contributed by atoms with E-state index in [1.807, 2.05) is 0 Å². The third-order valence-electron chi connectivity index (χ3n) is 5.55. The van der Waals surface area contributed by atoms with Gasteiger partial charge in [-0.25, -0.2) is 4.98 Å². The molecular weight excluding hydrogens is 356 g/mol. The molecule has 3 aromatic rings. The smallest absolute Gasteiger partial charge is 0.282 e. The van der Waals surface area contributed by atoms with E-state index in [2.05, 4.69) is 39.3 Å². The number of aryl methyl sites for hydroxylation is 2. The van der Waals surface area contributed by atoms with Crippen molar-refractivity contribution in [3.05, 3.63) is 57.0 Å². The fourth-order valence-electron chi connectivity index (χ4n) is 4.09. The molecule has 6 heteroatoms. The van der Waals surface area contributed by atoms with Crippen molar-refractivity contribution in [2.24, 2.45) is 5.10 Å². The van der Waals surface area contributed by atoms with Gasteiger partial charge in [0.05, 0.1) is 11.6 Å². The molecule has 1 aliphatic carbocycles. The molecule has 1 saturated heterocycles. The van der Waals surface area contributed by atoms with Crippen molar-refractivity contribution < 1.29 is 0 Å². The van der Waals surface area contributed by atoms with Gasteiger partial charge < -0.3 is 4.90 Å². The highest BCUT2D eigenvalue weighted by atomic mass is 32.1. The molecule has 0 unspecified atom stereocenters. The Labute approximate surface area is 162 Å². The zero-order valence-corrected chi connectivity index (χ0v) is 16.0. The van der Waals surface area contributed by atoms with Crippen molar-refractivity contribution in [1.82, 2.24) is 9.66 Å². The van der Waals surface area contributed by atoms with E-state index in [0.717, 1.165) is 48.1 Å². The summed E-state index contributed by atoms with van der Waals surface area (Å²) >= 11 is 1.67. The molecule has 5 nitrogen and oxygen atoms in total. The average Bonchev–Trinajstić information content (AvgIpc) is 3.36. The number of rotatable bonds is 3. The van der Waals surface area contributed by atoms with Crippen molar-refractivity contribution in [2.75, 3.05) is 18.0 Å². The molecule has 138 valence electrons. The highest BCUT2D eigenvalue weighted by Crippen LogP contribution is 2.33. The second kappa shape index (κ2) is 6.93. The van der Waals surface area contributed by atoms with E-state index in [-0.39, 0.29) is 5.56 Å². The molecule has 5 rings (SSSR count). The maximum Gasteiger partial charge on any atom is 0.282 e. The number of anilines is 1. The van der Waals surface area contributed by atoms with Crippen molar-refractivity contribution in [3.8, 4) is 0 Å². The SMILES string of the molecule is O=c1c2c3c(sc2ncn1N=Cc1ccc(N2CCCC2)cc1)CCCC3. The van der Waals surface area contributed by atoms with E-state index in [4.69, 9.17) is 0 Å². The summed E-state index contributed by atoms with van der Waals surface area (Å²) in [7, 11) is 0. The van der Waals surface area contributed by atoms with Gasteiger partial charge in [0.25, 0.3) is 5.56 Å². The topological polar surface area (TPSA) is 50.5 Å². The Hall–Kier alpha value is -2.47. The summed E-state index contributed by atoms with van der Waals surface area (Å²) < 4.78 is 1.37. The normalized spacial score (nSPS) is 17.1. The average molecular weight is 379 g/mol. The fraction of sp³-hybridized carbons (Fsp3) is 0.381. The summed E-state index contributed by atoms with van der Waals surface area (Å²) in [6, 6.07) is 8.37. The lowest BCUT2D eigenvalue weighted by Gasteiger charge is -2.17. The third-order valence-corrected chi connectivity index (χ3v) is 6.75. The predicted molar refractivity (Wildman–Crippen MR) is 111 cm³/mol. The number of hydrogen-bond donors (Lipinski definition) is 0. The molecule has 27 heavy (non-hydrogen) atoms. The van der Waals surface area contributed by atoms with E-state index < -0.39 is 0 Å². The summed E-state index contributed by atoms with van der Waals surface area (Å²) in [6.45, 7) is 2.28. The molecule has 0 spiro atoms. The first-order valence-corrected chi connectivity index (χ1v) is 10.5. The second-order valence-electron chi connectivity index (χ2n) is 7.32. The number of benzene rings is 1. The van der Waals surface area contributed by atoms with Gasteiger partial charge in [0.2, 0.25) is 0 Å². The molecular formula is C21H22N4OS. The van der Waals surface area contributed by atoms with Crippen LogP contribution >= 0.6 is 11.3 Å². The van der Waals surface area contributed by atoms with Gasteiger partial charge in [-0.05, 0) is 61.8 Å². The van der Waals surface area contributed by atoms with Crippen LogP contribution < -0.4 is 10.5 Å². The van der Waals surface area contributed by atoms with Gasteiger partial charge in [0.1, 0.15) is 11.2 Å². The Morgan fingerprint density at radius 3 is 2.63 bits per heavy atom. The summed E-state index contributed by atoms with van der Waals surface area (Å²) in [5, 5.41) is 5.17. The van der Waals surface area contributed by atoms with E-state index in [0.29, 0.717) is 0 Å². The van der Waals surface area contributed by atoms with Crippen LogP contribution in [0.3, 0.4) is 0 Å². The number of nitrogens with zero attached hydrogens (tertiary/aromatic N) is 4. The lowest BCUT2D eigenvalue weighted by atomic mass is 9.97. The zero-order chi connectivity index (χ0) is 18.2. The van der Waals surface area contributed by atoms with Crippen LogP contribution in [-0.2, 0) is 12.8 Å². The monoisotopic (exact) mass is 378 g/mol. The fourth-order valence-corrected chi connectivity index (χ4v) is 5.31. The van der Waals surface area contributed by atoms with Crippen molar-refractivity contribution >= 4 is 33.5 Å². The van der Waals surface area contributed by atoms with Crippen LogP contribution in [0.4, 0.5) is 5.69 Å². The van der Waals surface area contributed by atoms with Gasteiger partial charge in [-0.1, -0.05) is 12.1 Å². The zero-order valence-electron chi connectivity index (χ0n) is 15.2. The first-order valence-electron chi connectivity index (χ1n) is 9.71. The lowest BCUT2D eigenvalue weighted by Crippen LogP contribution is -2.18. The third kappa shape index (κ3) is 3.08. The molecule has 0 bridgehead atoms. The Morgan fingerprint density at radius 2 is 1.81 bits per heavy atom. The van der Waals surface area contributed by atoms with Crippen LogP contribution in [0.15, 0.2) is 40.5 Å². The van der Waals surface area contributed by atoms with Gasteiger partial charge in [-0.3, -0.25) is 4.79 Å². The maximum absolute atomic E-state index is 12.9. The van der Waals surface area contributed by atoms with Crippen molar-refractivity contribution in [3.63, 3.8) is 0 Å². The molecule has 1 fully saturated rings. The van der Waals surface area contributed by atoms with E-state index >= 15 is 0 Å². The summed E-state index contributed by atoms with van der Waals surface area (Å²) in [5.74, 6) is 0. The van der Waals surface area contributed by atoms with Crippen LogP contribution in [0.2, 0.25) is 0 Å². The van der Waals surface area contributed by atoms with Crippen LogP contribution in [0.1, 0.15) is 41.7 Å². The van der Waals surface area contributed by atoms with Crippen molar-refractivity contribution in [2.45, 2.75) is 38.5 Å². The largest absolute Gasteiger partial charge is 0.372 e. The lowest BCUT2D eigenvalue weighted by molar-refractivity contribution is 0.699. The summed E-state index contributed by atoms with van der Waals surface area (Å²) in [6.07, 6.45) is 10.2. The minimum Gasteiger partial charge on any atom is -0.372 e. The molecule has 2 aromatic heterocycles. The van der Waals surface area contributed by atoms with E-state index in [1.165, 1.54) is 40.1 Å². The number of thiophene rings is 1. The van der Waals surface area contributed by atoms with Gasteiger partial charge in [-0.15, -0.1) is 11.3 Å². The van der Waals surface area contributed by atoms with E-state index in [1.54, 1.807) is 23.9 Å². The van der Waals surface area contributed by atoms with Gasteiger partial charge in [0.15, 0.2) is 0 Å². The second-order valence-corrected chi connectivity index (χ2v) is 8.40. The Kier molecular flexibility index (Phi) is 4.28. The first kappa shape index (κ1) is 16.7. The molecule has 0 amide bonds. The van der Waals surface area contributed by atoms with Gasteiger partial charge >= 0.3 is 0 Å². The minimum absolute atomic E-state index is 0.0515. The molecule has 3 heterocycles. The highest BCUT2D eigenvalue weighted by molar-refractivity contribution is 7.18. The molecule has 1 aliphatic heterocycles. The Bertz CT molecular complexity index is 1060. The predicted octanol–water partition coefficient (Wildman–Crippen LogP) is 3.82. The number of hydrogen-bond acceptors (Lipinski definition) is 5. The molecule has 0 atom stereocenters. The first-order chi connectivity index (χ1) is 13.3. The van der Waals surface area contributed by atoms with Crippen LogP contribution in [0.25, 0.3) is 10.2 Å². The molecule has 1 aromatic carbocycles. The Morgan fingerprint density at radius 1 is 1.04 bits per heavy atom. The summed E-state index contributed by atoms with van der Waals surface area (Å²) in [5.41, 5.74) is 3.40. The van der Waals surface area contributed by atoms with Crippen LogP contribution in [0, 0.1) is 0 Å². The van der Waals surface area contributed by atoms with E-state index in [9.17, 15) is 4.79 Å². The highest BCUT2D eigenvalue weighted by Gasteiger charge is 2.19. The van der Waals surface area contributed by atoms with Gasteiger partial charge in [-0.2, -0.15) is 9.78 Å². The Balaban J connectivity index is 1.44. The molecule has 0 radical (unpaired) electrons. The molecule has 0 saturated carbocycles. The summed E-state index contributed by atoms with van der Waals surface area (Å²) in [4.78, 5) is 22.0.